The Balaban J connectivity index is 2.72. The van der Waals surface area contributed by atoms with Crippen molar-refractivity contribution in [3.63, 3.8) is 0 Å². The molecule has 0 aromatic carbocycles. The Labute approximate surface area is 80.0 Å². The number of nitrogens with zero attached hydrogens (tertiary/aromatic N) is 2. The number of rotatable bonds is 4. The first-order chi connectivity index (χ1) is 6.63. The lowest BCUT2D eigenvalue weighted by Crippen LogP contribution is -2.28. The van der Waals surface area contributed by atoms with Crippen LogP contribution < -0.4 is 4.73 Å². The average Bonchev–Trinajstić information content (AvgIpc) is 2.14. The molecule has 0 radical (unpaired) electrons. The Morgan fingerprint density at radius 2 is 2.43 bits per heavy atom. The maximum absolute atomic E-state index is 10.8. The van der Waals surface area contributed by atoms with E-state index in [2.05, 4.69) is 4.98 Å². The summed E-state index contributed by atoms with van der Waals surface area (Å²) in [5.41, 5.74) is 0.351. The van der Waals surface area contributed by atoms with Crippen molar-refractivity contribution in [3.05, 3.63) is 29.5 Å². The van der Waals surface area contributed by atoms with E-state index in [0.29, 0.717) is 10.4 Å². The normalized spacial score (nSPS) is 12.4. The first kappa shape index (κ1) is 10.4. The summed E-state index contributed by atoms with van der Waals surface area (Å²) in [7, 11) is 0. The fraction of sp³-hybridized carbons (Fsp3) is 0.375. The highest BCUT2D eigenvalue weighted by atomic mass is 16.5. The molecule has 0 spiro atoms. The van der Waals surface area contributed by atoms with Crippen LogP contribution in [0.4, 0.5) is 0 Å². The van der Waals surface area contributed by atoms with Crippen LogP contribution in [0.3, 0.4) is 0 Å². The molecule has 0 bridgehead atoms. The monoisotopic (exact) mass is 198 g/mol. The average molecular weight is 198 g/mol. The predicted molar refractivity (Wildman–Crippen MR) is 45.1 cm³/mol. The number of aliphatic hydroxyl groups is 1. The van der Waals surface area contributed by atoms with Gasteiger partial charge in [0.1, 0.15) is 5.69 Å². The molecule has 1 atom stereocenters. The van der Waals surface area contributed by atoms with E-state index in [1.165, 1.54) is 18.6 Å². The zero-order valence-corrected chi connectivity index (χ0v) is 7.33. The van der Waals surface area contributed by atoms with Gasteiger partial charge in [0.2, 0.25) is 6.20 Å². The van der Waals surface area contributed by atoms with E-state index in [9.17, 15) is 10.0 Å². The standard InChI is InChI=1S/C8H10N2O4/c11-5-6(8(12)13)3-7-4-10(14)2-1-9-7/h1-2,4,6,11H,3,5H2,(H,12,13). The molecule has 0 saturated carbocycles. The molecule has 0 aliphatic heterocycles. The minimum Gasteiger partial charge on any atom is -0.619 e. The Kier molecular flexibility index (Phi) is 3.35. The molecular formula is C8H10N2O4. The van der Waals surface area contributed by atoms with Crippen molar-refractivity contribution in [3.8, 4) is 0 Å². The lowest BCUT2D eigenvalue weighted by Gasteiger charge is -2.06. The molecule has 0 saturated heterocycles. The number of aliphatic hydroxyl groups excluding tert-OH is 1. The van der Waals surface area contributed by atoms with Crippen LogP contribution in [0.25, 0.3) is 0 Å². The highest BCUT2D eigenvalue weighted by molar-refractivity contribution is 5.70. The molecular weight excluding hydrogens is 188 g/mol. The van der Waals surface area contributed by atoms with E-state index in [1.807, 2.05) is 0 Å². The molecule has 1 aromatic heterocycles. The van der Waals surface area contributed by atoms with Gasteiger partial charge in [-0.15, -0.1) is 0 Å². The summed E-state index contributed by atoms with van der Waals surface area (Å²) in [4.78, 5) is 14.4. The summed E-state index contributed by atoms with van der Waals surface area (Å²) >= 11 is 0. The molecule has 1 aromatic rings. The summed E-state index contributed by atoms with van der Waals surface area (Å²) in [6.45, 7) is -0.467. The largest absolute Gasteiger partial charge is 0.619 e. The van der Waals surface area contributed by atoms with Gasteiger partial charge in [0.25, 0.3) is 0 Å². The second-order valence-corrected chi connectivity index (χ2v) is 2.83. The zero-order chi connectivity index (χ0) is 10.6. The molecule has 14 heavy (non-hydrogen) atoms. The molecule has 0 amide bonds. The maximum atomic E-state index is 10.8. The number of hydrogen-bond donors (Lipinski definition) is 2. The van der Waals surface area contributed by atoms with Crippen molar-refractivity contribution < 1.29 is 19.7 Å². The molecule has 0 fully saturated rings. The van der Waals surface area contributed by atoms with Gasteiger partial charge >= 0.3 is 5.97 Å². The smallest absolute Gasteiger partial charge is 0.309 e. The lowest BCUT2D eigenvalue weighted by molar-refractivity contribution is -0.606. The second-order valence-electron chi connectivity index (χ2n) is 2.83. The number of carboxylic acids is 1. The van der Waals surface area contributed by atoms with Gasteiger partial charge in [-0.05, 0) is 0 Å². The van der Waals surface area contributed by atoms with E-state index in [-0.39, 0.29) is 6.42 Å². The first-order valence-electron chi connectivity index (χ1n) is 4.01. The van der Waals surface area contributed by atoms with Crippen LogP contribution in [-0.2, 0) is 11.2 Å². The van der Waals surface area contributed by atoms with Crippen LogP contribution in [0.15, 0.2) is 18.6 Å². The maximum Gasteiger partial charge on any atom is 0.309 e. The Morgan fingerprint density at radius 1 is 1.71 bits per heavy atom. The Hall–Kier alpha value is -1.69. The van der Waals surface area contributed by atoms with Crippen LogP contribution in [0.2, 0.25) is 0 Å². The number of carbonyl (C=O) groups is 1. The second kappa shape index (κ2) is 4.52. The Morgan fingerprint density at radius 3 is 2.93 bits per heavy atom. The van der Waals surface area contributed by atoms with Crippen LogP contribution >= 0.6 is 0 Å². The third-order valence-electron chi connectivity index (χ3n) is 1.76. The van der Waals surface area contributed by atoms with E-state index in [0.717, 1.165) is 0 Å². The highest BCUT2D eigenvalue weighted by Gasteiger charge is 2.18. The van der Waals surface area contributed by atoms with Gasteiger partial charge in [-0.2, -0.15) is 4.73 Å². The number of aliphatic carboxylic acids is 1. The van der Waals surface area contributed by atoms with Crippen molar-refractivity contribution >= 4 is 5.97 Å². The van der Waals surface area contributed by atoms with E-state index in [1.54, 1.807) is 0 Å². The summed E-state index contributed by atoms with van der Waals surface area (Å²) < 4.78 is 0.540. The van der Waals surface area contributed by atoms with E-state index >= 15 is 0 Å². The summed E-state index contributed by atoms with van der Waals surface area (Å²) in [6, 6.07) is 0. The molecule has 2 N–H and O–H groups in total. The molecule has 1 heterocycles. The van der Waals surface area contributed by atoms with E-state index < -0.39 is 18.5 Å². The number of aromatic nitrogens is 2. The van der Waals surface area contributed by atoms with Gasteiger partial charge in [0.05, 0.1) is 18.7 Å². The minimum absolute atomic E-state index is 0.0505. The molecule has 6 heteroatoms. The van der Waals surface area contributed by atoms with Crippen LogP contribution in [-0.4, -0.2) is 27.8 Å². The van der Waals surface area contributed by atoms with Gasteiger partial charge < -0.3 is 15.4 Å². The van der Waals surface area contributed by atoms with Crippen molar-refractivity contribution in [2.45, 2.75) is 6.42 Å². The highest BCUT2D eigenvalue weighted by Crippen LogP contribution is 2.04. The lowest BCUT2D eigenvalue weighted by atomic mass is 10.1. The molecule has 0 aliphatic rings. The summed E-state index contributed by atoms with van der Waals surface area (Å²) in [5, 5.41) is 28.2. The Bertz CT molecular complexity index is 329. The van der Waals surface area contributed by atoms with E-state index in [4.69, 9.17) is 10.2 Å². The fourth-order valence-corrected chi connectivity index (χ4v) is 1.01. The molecule has 1 rings (SSSR count). The number of hydrogen-bond acceptors (Lipinski definition) is 4. The van der Waals surface area contributed by atoms with Crippen LogP contribution in [0.5, 0.6) is 0 Å². The van der Waals surface area contributed by atoms with Crippen LogP contribution in [0.1, 0.15) is 5.69 Å². The van der Waals surface area contributed by atoms with Gasteiger partial charge in [-0.25, -0.2) is 4.98 Å². The van der Waals surface area contributed by atoms with Gasteiger partial charge in [0, 0.05) is 6.42 Å². The summed E-state index contributed by atoms with van der Waals surface area (Å²) in [6.07, 6.45) is 3.73. The number of carboxylic acid groups (broad SMARTS) is 1. The topological polar surface area (TPSA) is 97.4 Å². The molecule has 0 aliphatic carbocycles. The van der Waals surface area contributed by atoms with Gasteiger partial charge in [-0.3, -0.25) is 4.79 Å². The van der Waals surface area contributed by atoms with Crippen molar-refractivity contribution in [1.29, 1.82) is 0 Å². The first-order valence-corrected chi connectivity index (χ1v) is 4.01. The predicted octanol–water partition coefficient (Wildman–Crippen LogP) is -1.05. The van der Waals surface area contributed by atoms with Crippen molar-refractivity contribution in [2.24, 2.45) is 5.92 Å². The SMILES string of the molecule is O=C(O)C(CO)Cc1c[n+]([O-])ccn1. The van der Waals surface area contributed by atoms with Crippen molar-refractivity contribution in [2.75, 3.05) is 6.61 Å². The van der Waals surface area contributed by atoms with Gasteiger partial charge in [0.15, 0.2) is 6.20 Å². The van der Waals surface area contributed by atoms with Crippen molar-refractivity contribution in [1.82, 2.24) is 4.98 Å². The molecule has 76 valence electrons. The molecule has 6 nitrogen and oxygen atoms in total. The van der Waals surface area contributed by atoms with Gasteiger partial charge in [-0.1, -0.05) is 0 Å². The van der Waals surface area contributed by atoms with Crippen LogP contribution in [0, 0.1) is 11.1 Å². The molecule has 1 unspecified atom stereocenters. The third kappa shape index (κ3) is 2.67. The third-order valence-corrected chi connectivity index (χ3v) is 1.76. The minimum atomic E-state index is -1.10. The zero-order valence-electron chi connectivity index (χ0n) is 7.33. The summed E-state index contributed by atoms with van der Waals surface area (Å²) in [5.74, 6) is -2.01. The quantitative estimate of drug-likeness (QED) is 0.475. The fourth-order valence-electron chi connectivity index (χ4n) is 1.01.